The van der Waals surface area contributed by atoms with Crippen LogP contribution in [0.25, 0.3) is 0 Å². The lowest BCUT2D eigenvalue weighted by molar-refractivity contribution is -0.120. The molecule has 0 saturated heterocycles. The first-order valence-electron chi connectivity index (χ1n) is 11.8. The van der Waals surface area contributed by atoms with E-state index in [9.17, 15) is 4.79 Å². The van der Waals surface area contributed by atoms with Gasteiger partial charge in [0.25, 0.3) is 0 Å². The van der Waals surface area contributed by atoms with Crippen molar-refractivity contribution in [1.82, 2.24) is 0 Å². The number of carbonyl (C=O) groups excluding carboxylic acids is 1. The minimum absolute atomic E-state index is 0.488. The van der Waals surface area contributed by atoms with Gasteiger partial charge in [0, 0.05) is 12.8 Å². The second kappa shape index (κ2) is 7.88. The fourth-order valence-electron chi connectivity index (χ4n) is 7.17. The van der Waals surface area contributed by atoms with Crippen LogP contribution in [0.15, 0.2) is 23.8 Å². The van der Waals surface area contributed by atoms with Crippen LogP contribution in [0.2, 0.25) is 0 Å². The van der Waals surface area contributed by atoms with Crippen LogP contribution >= 0.6 is 0 Å². The second-order valence-corrected chi connectivity index (χ2v) is 10.7. The van der Waals surface area contributed by atoms with Gasteiger partial charge in [-0.15, -0.1) is 0 Å². The third-order valence-electron chi connectivity index (χ3n) is 9.09. The molecule has 0 spiro atoms. The van der Waals surface area contributed by atoms with Gasteiger partial charge in [0.1, 0.15) is 5.78 Å². The molecule has 4 rings (SSSR count). The van der Waals surface area contributed by atoms with Crippen molar-refractivity contribution in [2.45, 2.75) is 79.1 Å². The monoisotopic (exact) mass is 368 g/mol. The molecule has 0 aliphatic heterocycles. The van der Waals surface area contributed by atoms with E-state index in [1.807, 2.05) is 0 Å². The molecule has 1 nitrogen and oxygen atoms in total. The van der Waals surface area contributed by atoms with E-state index in [0.29, 0.717) is 11.7 Å². The van der Waals surface area contributed by atoms with E-state index in [0.717, 1.165) is 66.6 Å². The molecule has 4 aliphatic carbocycles. The summed E-state index contributed by atoms with van der Waals surface area (Å²) in [5.41, 5.74) is 1.53. The molecule has 4 aliphatic rings. The minimum atomic E-state index is 0.488. The Bertz CT molecular complexity index is 612. The van der Waals surface area contributed by atoms with E-state index in [-0.39, 0.29) is 0 Å². The minimum Gasteiger partial charge on any atom is -0.299 e. The summed E-state index contributed by atoms with van der Waals surface area (Å²) in [4.78, 5) is 11.9. The fraction of sp³-hybridized carbons (Fsp3) is 0.808. The Kier molecular flexibility index (Phi) is 5.68. The standard InChI is InChI=1S/C26H40O/c1-16(2)17(3)5-6-18(4)21-11-12-26-23(21)13-14-24-22-10-8-20(27)15-19(22)7-9-25(24)26/h5-7,16-18,21-26H,8-15H2,1-4H3/b6-5+. The number of allylic oxidation sites excluding steroid dienone is 4. The van der Waals surface area contributed by atoms with Gasteiger partial charge in [-0.25, -0.2) is 0 Å². The van der Waals surface area contributed by atoms with Crippen molar-refractivity contribution in [2.24, 2.45) is 53.3 Å². The van der Waals surface area contributed by atoms with E-state index in [4.69, 9.17) is 0 Å². The number of ketones is 1. The van der Waals surface area contributed by atoms with E-state index in [1.165, 1.54) is 37.7 Å². The summed E-state index contributed by atoms with van der Waals surface area (Å²) in [7, 11) is 0. The highest BCUT2D eigenvalue weighted by Gasteiger charge is 2.50. The van der Waals surface area contributed by atoms with Crippen molar-refractivity contribution in [3.63, 3.8) is 0 Å². The Balaban J connectivity index is 1.44. The van der Waals surface area contributed by atoms with Gasteiger partial charge in [0.05, 0.1) is 0 Å². The van der Waals surface area contributed by atoms with Crippen LogP contribution < -0.4 is 0 Å². The molecule has 0 N–H and O–H groups in total. The summed E-state index contributed by atoms with van der Waals surface area (Å²) < 4.78 is 0. The first-order valence-corrected chi connectivity index (χ1v) is 11.8. The number of rotatable bonds is 4. The number of Topliss-reactive ketones (excluding diaryl/α,β-unsaturated/α-hetero) is 1. The van der Waals surface area contributed by atoms with Gasteiger partial charge in [-0.05, 0) is 91.8 Å². The van der Waals surface area contributed by atoms with Gasteiger partial charge in [0.15, 0.2) is 0 Å². The van der Waals surface area contributed by atoms with Crippen LogP contribution in [0.3, 0.4) is 0 Å². The van der Waals surface area contributed by atoms with Crippen molar-refractivity contribution in [2.75, 3.05) is 0 Å². The van der Waals surface area contributed by atoms with E-state index >= 15 is 0 Å². The number of fused-ring (bicyclic) bond motifs is 5. The highest BCUT2D eigenvalue weighted by Crippen LogP contribution is 2.58. The Morgan fingerprint density at radius 1 is 0.889 bits per heavy atom. The number of hydrogen-bond acceptors (Lipinski definition) is 1. The molecule has 8 unspecified atom stereocenters. The van der Waals surface area contributed by atoms with Crippen LogP contribution in [0.1, 0.15) is 79.1 Å². The predicted octanol–water partition coefficient (Wildman–Crippen LogP) is 6.84. The second-order valence-electron chi connectivity index (χ2n) is 10.7. The zero-order chi connectivity index (χ0) is 19.1. The molecular weight excluding hydrogens is 328 g/mol. The molecule has 0 aromatic heterocycles. The fourth-order valence-corrected chi connectivity index (χ4v) is 7.17. The van der Waals surface area contributed by atoms with E-state index in [1.54, 1.807) is 0 Å². The summed E-state index contributed by atoms with van der Waals surface area (Å²) in [6.45, 7) is 9.50. The molecule has 1 heteroatoms. The quantitative estimate of drug-likeness (QED) is 0.496. The van der Waals surface area contributed by atoms with Crippen LogP contribution in [-0.4, -0.2) is 5.78 Å². The predicted molar refractivity (Wildman–Crippen MR) is 113 cm³/mol. The summed E-state index contributed by atoms with van der Waals surface area (Å²) in [6, 6.07) is 0. The summed E-state index contributed by atoms with van der Waals surface area (Å²) >= 11 is 0. The van der Waals surface area contributed by atoms with Gasteiger partial charge in [-0.1, -0.05) is 51.5 Å². The summed E-state index contributed by atoms with van der Waals surface area (Å²) in [5.74, 6) is 8.05. The zero-order valence-corrected chi connectivity index (χ0v) is 18.0. The molecule has 0 amide bonds. The summed E-state index contributed by atoms with van der Waals surface area (Å²) in [6.07, 6.45) is 17.4. The third kappa shape index (κ3) is 3.73. The highest BCUT2D eigenvalue weighted by molar-refractivity contribution is 5.82. The lowest BCUT2D eigenvalue weighted by Crippen LogP contribution is -2.41. The largest absolute Gasteiger partial charge is 0.299 e. The van der Waals surface area contributed by atoms with E-state index in [2.05, 4.69) is 45.9 Å². The first kappa shape index (κ1) is 19.5. The Labute approximate surface area is 167 Å². The molecule has 0 heterocycles. The zero-order valence-electron chi connectivity index (χ0n) is 18.0. The molecular formula is C26H40O. The third-order valence-corrected chi connectivity index (χ3v) is 9.09. The molecule has 27 heavy (non-hydrogen) atoms. The van der Waals surface area contributed by atoms with Gasteiger partial charge in [0.2, 0.25) is 0 Å². The smallest absolute Gasteiger partial charge is 0.136 e. The maximum atomic E-state index is 11.9. The molecule has 0 radical (unpaired) electrons. The van der Waals surface area contributed by atoms with E-state index < -0.39 is 0 Å². The highest BCUT2D eigenvalue weighted by atomic mass is 16.1. The topological polar surface area (TPSA) is 17.1 Å². The molecule has 3 fully saturated rings. The lowest BCUT2D eigenvalue weighted by atomic mass is 9.56. The van der Waals surface area contributed by atoms with Gasteiger partial charge < -0.3 is 0 Å². The summed E-state index contributed by atoms with van der Waals surface area (Å²) in [5, 5.41) is 0. The lowest BCUT2D eigenvalue weighted by Gasteiger charge is -2.49. The van der Waals surface area contributed by atoms with Gasteiger partial charge >= 0.3 is 0 Å². The maximum absolute atomic E-state index is 11.9. The van der Waals surface area contributed by atoms with Crippen LogP contribution in [0.4, 0.5) is 0 Å². The molecule has 0 aromatic carbocycles. The Hall–Kier alpha value is -0.850. The van der Waals surface area contributed by atoms with Crippen LogP contribution in [0, 0.1) is 53.3 Å². The molecule has 3 saturated carbocycles. The normalized spacial score (nSPS) is 41.1. The average molecular weight is 369 g/mol. The van der Waals surface area contributed by atoms with Crippen molar-refractivity contribution < 1.29 is 4.79 Å². The van der Waals surface area contributed by atoms with Crippen molar-refractivity contribution in [1.29, 1.82) is 0 Å². The average Bonchev–Trinajstić information content (AvgIpc) is 3.09. The number of hydrogen-bond donors (Lipinski definition) is 0. The van der Waals surface area contributed by atoms with Gasteiger partial charge in [-0.2, -0.15) is 0 Å². The first-order chi connectivity index (χ1) is 13.0. The van der Waals surface area contributed by atoms with Crippen LogP contribution in [-0.2, 0) is 4.79 Å². The Morgan fingerprint density at radius 2 is 1.63 bits per heavy atom. The van der Waals surface area contributed by atoms with Crippen molar-refractivity contribution in [3.05, 3.63) is 23.8 Å². The molecule has 8 atom stereocenters. The SMILES string of the molecule is CC(C)C(C)/C=C/C(C)C1CCC2C1CCC1C3CCC(=O)CC3=CCC12. The van der Waals surface area contributed by atoms with Gasteiger partial charge in [-0.3, -0.25) is 4.79 Å². The maximum Gasteiger partial charge on any atom is 0.136 e. The Morgan fingerprint density at radius 3 is 2.41 bits per heavy atom. The molecule has 150 valence electrons. The van der Waals surface area contributed by atoms with Crippen molar-refractivity contribution >= 4 is 5.78 Å². The molecule has 0 aromatic rings. The van der Waals surface area contributed by atoms with Crippen LogP contribution in [0.5, 0.6) is 0 Å². The molecule has 0 bridgehead atoms. The number of carbonyl (C=O) groups is 1. The van der Waals surface area contributed by atoms with Crippen molar-refractivity contribution in [3.8, 4) is 0 Å².